The molecule has 0 atom stereocenters. The molecule has 1 aromatic carbocycles. The van der Waals surface area contributed by atoms with Gasteiger partial charge < -0.3 is 9.64 Å². The summed E-state index contributed by atoms with van der Waals surface area (Å²) in [5.41, 5.74) is 0.306. The van der Waals surface area contributed by atoms with Gasteiger partial charge in [-0.25, -0.2) is 13.2 Å². The maximum Gasteiger partial charge on any atom is 0.338 e. The number of hydrogen-bond acceptors (Lipinski definition) is 6. The number of halogens is 1. The van der Waals surface area contributed by atoms with E-state index < -0.39 is 16.0 Å². The maximum absolute atomic E-state index is 13.0. The molecule has 0 N–H and O–H groups in total. The first-order chi connectivity index (χ1) is 14.7. The van der Waals surface area contributed by atoms with E-state index in [2.05, 4.69) is 0 Å². The van der Waals surface area contributed by atoms with Gasteiger partial charge in [0, 0.05) is 30.9 Å². The molecule has 1 aromatic heterocycles. The average molecular weight is 485 g/mol. The van der Waals surface area contributed by atoms with Crippen LogP contribution in [0.15, 0.2) is 41.3 Å². The minimum Gasteiger partial charge on any atom is -0.462 e. The molecule has 168 valence electrons. The fourth-order valence-electron chi connectivity index (χ4n) is 3.53. The van der Waals surface area contributed by atoms with Gasteiger partial charge in [0.1, 0.15) is 0 Å². The SMILES string of the molecule is CCOC(=O)c1ccc(S(=O)(=O)N2CCC(C(=O)N(C)Cc3ccc(Cl)s3)CC2)cc1. The third-order valence-electron chi connectivity index (χ3n) is 5.20. The minimum absolute atomic E-state index is 0.0142. The number of esters is 1. The second-order valence-corrected chi connectivity index (χ2v) is 11.1. The van der Waals surface area contributed by atoms with Crippen molar-refractivity contribution in [2.75, 3.05) is 26.7 Å². The Bertz CT molecular complexity index is 1030. The number of piperidine rings is 1. The van der Waals surface area contributed by atoms with Crippen LogP contribution in [0.2, 0.25) is 4.34 Å². The fourth-order valence-corrected chi connectivity index (χ4v) is 6.14. The van der Waals surface area contributed by atoms with E-state index in [-0.39, 0.29) is 36.4 Å². The second kappa shape index (κ2) is 10.1. The number of carbonyl (C=O) groups excluding carboxylic acids is 2. The van der Waals surface area contributed by atoms with Gasteiger partial charge in [0.25, 0.3) is 0 Å². The molecule has 1 amide bonds. The van der Waals surface area contributed by atoms with Gasteiger partial charge in [-0.05, 0) is 56.2 Å². The molecule has 0 radical (unpaired) electrons. The predicted molar refractivity (Wildman–Crippen MR) is 120 cm³/mol. The number of thiophene rings is 1. The van der Waals surface area contributed by atoms with Gasteiger partial charge in [-0.1, -0.05) is 11.6 Å². The Labute approximate surface area is 191 Å². The van der Waals surface area contributed by atoms with Crippen molar-refractivity contribution in [1.29, 1.82) is 0 Å². The summed E-state index contributed by atoms with van der Waals surface area (Å²) in [5.74, 6) is -0.682. The Balaban J connectivity index is 1.59. The molecule has 2 aromatic rings. The third kappa shape index (κ3) is 5.65. The Morgan fingerprint density at radius 2 is 1.81 bits per heavy atom. The van der Waals surface area contributed by atoms with Crippen LogP contribution in [0.4, 0.5) is 0 Å². The summed E-state index contributed by atoms with van der Waals surface area (Å²) >= 11 is 7.39. The smallest absolute Gasteiger partial charge is 0.338 e. The van der Waals surface area contributed by atoms with Gasteiger partial charge in [0.15, 0.2) is 0 Å². The van der Waals surface area contributed by atoms with Crippen molar-refractivity contribution in [3.05, 3.63) is 51.2 Å². The first-order valence-corrected chi connectivity index (χ1v) is 12.6. The molecule has 0 unspecified atom stereocenters. The molecule has 1 fully saturated rings. The largest absolute Gasteiger partial charge is 0.462 e. The van der Waals surface area contributed by atoms with Crippen LogP contribution >= 0.6 is 22.9 Å². The molecule has 10 heteroatoms. The number of sulfonamides is 1. The van der Waals surface area contributed by atoms with E-state index in [1.807, 2.05) is 12.1 Å². The zero-order valence-corrected chi connectivity index (χ0v) is 19.8. The molecule has 2 heterocycles. The van der Waals surface area contributed by atoms with E-state index in [1.54, 1.807) is 18.9 Å². The van der Waals surface area contributed by atoms with Crippen LogP contribution in [0.3, 0.4) is 0 Å². The van der Waals surface area contributed by atoms with Crippen molar-refractivity contribution in [2.45, 2.75) is 31.2 Å². The topological polar surface area (TPSA) is 84.0 Å². The van der Waals surface area contributed by atoms with Crippen LogP contribution in [0.5, 0.6) is 0 Å². The molecule has 1 aliphatic rings. The second-order valence-electron chi connectivity index (χ2n) is 7.32. The van der Waals surface area contributed by atoms with Gasteiger partial charge in [0.2, 0.25) is 15.9 Å². The molecule has 0 aliphatic carbocycles. The lowest BCUT2D eigenvalue weighted by atomic mass is 9.96. The first kappa shape index (κ1) is 23.7. The van der Waals surface area contributed by atoms with Gasteiger partial charge in [-0.2, -0.15) is 4.31 Å². The highest BCUT2D eigenvalue weighted by Crippen LogP contribution is 2.27. The van der Waals surface area contributed by atoms with E-state index in [0.717, 1.165) is 4.88 Å². The van der Waals surface area contributed by atoms with E-state index in [1.165, 1.54) is 39.9 Å². The summed E-state index contributed by atoms with van der Waals surface area (Å²) in [6.07, 6.45) is 0.934. The molecule has 7 nitrogen and oxygen atoms in total. The summed E-state index contributed by atoms with van der Waals surface area (Å²) in [4.78, 5) is 27.3. The molecule has 3 rings (SSSR count). The fraction of sp³-hybridized carbons (Fsp3) is 0.429. The van der Waals surface area contributed by atoms with E-state index >= 15 is 0 Å². The monoisotopic (exact) mass is 484 g/mol. The number of carbonyl (C=O) groups is 2. The molecule has 0 spiro atoms. The highest BCUT2D eigenvalue weighted by Gasteiger charge is 2.33. The normalized spacial score (nSPS) is 15.6. The highest BCUT2D eigenvalue weighted by atomic mass is 35.5. The summed E-state index contributed by atoms with van der Waals surface area (Å²) in [6, 6.07) is 9.44. The molecule has 31 heavy (non-hydrogen) atoms. The predicted octanol–water partition coefficient (Wildman–Crippen LogP) is 3.64. The lowest BCUT2D eigenvalue weighted by molar-refractivity contribution is -0.135. The number of amides is 1. The van der Waals surface area contributed by atoms with E-state index in [9.17, 15) is 18.0 Å². The third-order valence-corrected chi connectivity index (χ3v) is 8.33. The van der Waals surface area contributed by atoms with Crippen molar-refractivity contribution >= 4 is 44.8 Å². The molecular weight excluding hydrogens is 460 g/mol. The van der Waals surface area contributed by atoms with Crippen LogP contribution in [0, 0.1) is 5.92 Å². The highest BCUT2D eigenvalue weighted by molar-refractivity contribution is 7.89. The average Bonchev–Trinajstić information content (AvgIpc) is 3.18. The summed E-state index contributed by atoms with van der Waals surface area (Å²) in [7, 11) is -1.93. The van der Waals surface area contributed by atoms with Crippen LogP contribution in [0.1, 0.15) is 35.0 Å². The molecular formula is C21H25ClN2O5S2. The van der Waals surface area contributed by atoms with E-state index in [4.69, 9.17) is 16.3 Å². The van der Waals surface area contributed by atoms with E-state index in [0.29, 0.717) is 29.3 Å². The van der Waals surface area contributed by atoms with Gasteiger partial charge in [-0.3, -0.25) is 4.79 Å². The zero-order valence-electron chi connectivity index (χ0n) is 17.4. The number of hydrogen-bond donors (Lipinski definition) is 0. The Kier molecular flexibility index (Phi) is 7.74. The number of nitrogens with zero attached hydrogens (tertiary/aromatic N) is 2. The van der Waals surface area contributed by atoms with Crippen LogP contribution in [-0.4, -0.2) is 56.2 Å². The lowest BCUT2D eigenvalue weighted by Crippen LogP contribution is -2.43. The van der Waals surface area contributed by atoms with Crippen molar-refractivity contribution in [1.82, 2.24) is 9.21 Å². The molecule has 1 saturated heterocycles. The molecule has 1 aliphatic heterocycles. The lowest BCUT2D eigenvalue weighted by Gasteiger charge is -2.32. The first-order valence-electron chi connectivity index (χ1n) is 9.99. The Hall–Kier alpha value is -1.94. The summed E-state index contributed by atoms with van der Waals surface area (Å²) < 4.78 is 32.9. The van der Waals surface area contributed by atoms with Crippen LogP contribution in [0.25, 0.3) is 0 Å². The van der Waals surface area contributed by atoms with Crippen molar-refractivity contribution in [3.63, 3.8) is 0 Å². The summed E-state index contributed by atoms with van der Waals surface area (Å²) in [5, 5.41) is 0. The zero-order chi connectivity index (χ0) is 22.6. The molecule has 0 bridgehead atoms. The van der Waals surface area contributed by atoms with Crippen molar-refractivity contribution in [2.24, 2.45) is 5.92 Å². The number of benzene rings is 1. The van der Waals surface area contributed by atoms with Gasteiger partial charge >= 0.3 is 5.97 Å². The van der Waals surface area contributed by atoms with Crippen molar-refractivity contribution < 1.29 is 22.7 Å². The van der Waals surface area contributed by atoms with Crippen molar-refractivity contribution in [3.8, 4) is 0 Å². The summed E-state index contributed by atoms with van der Waals surface area (Å²) in [6.45, 7) is 3.00. The van der Waals surface area contributed by atoms with Crippen LogP contribution in [-0.2, 0) is 26.1 Å². The quantitative estimate of drug-likeness (QED) is 0.560. The van der Waals surface area contributed by atoms with Crippen LogP contribution < -0.4 is 0 Å². The number of rotatable bonds is 7. The maximum atomic E-state index is 13.0. The number of ether oxygens (including phenoxy) is 1. The Morgan fingerprint density at radius 3 is 2.35 bits per heavy atom. The van der Waals surface area contributed by atoms with Gasteiger partial charge in [-0.15, -0.1) is 11.3 Å². The Morgan fingerprint density at radius 1 is 1.16 bits per heavy atom. The minimum atomic E-state index is -3.69. The van der Waals surface area contributed by atoms with Gasteiger partial charge in [0.05, 0.1) is 27.9 Å². The molecule has 0 saturated carbocycles. The standard InChI is InChI=1S/C21H25ClN2O5S2/c1-3-29-21(26)16-4-7-18(8-5-16)31(27,28)24-12-10-15(11-13-24)20(25)23(2)14-17-6-9-19(22)30-17/h4-9,15H,3,10-14H2,1-2H3.